The molecule has 0 saturated heterocycles. The standard InChI is InChI=1S/C18H18N/c1-13-8-9-14(2)17(10-13)18-11-15-6-4-5-7-16(15)12-19(18)3/h4-12H,1-3H3/q+1. The third kappa shape index (κ3) is 2.12. The summed E-state index contributed by atoms with van der Waals surface area (Å²) in [7, 11) is 2.11. The molecular weight excluding hydrogens is 230 g/mol. The molecule has 0 fully saturated rings. The summed E-state index contributed by atoms with van der Waals surface area (Å²) in [4.78, 5) is 0. The lowest BCUT2D eigenvalue weighted by molar-refractivity contribution is -0.659. The van der Waals surface area contributed by atoms with Gasteiger partial charge >= 0.3 is 0 Å². The van der Waals surface area contributed by atoms with Gasteiger partial charge in [0.25, 0.3) is 0 Å². The Morgan fingerprint density at radius 2 is 1.58 bits per heavy atom. The average molecular weight is 248 g/mol. The number of nitrogens with zero attached hydrogens (tertiary/aromatic N) is 1. The second-order valence-electron chi connectivity index (χ2n) is 5.22. The zero-order valence-electron chi connectivity index (χ0n) is 11.6. The Hall–Kier alpha value is -2.15. The molecule has 0 aliphatic heterocycles. The highest BCUT2D eigenvalue weighted by molar-refractivity contribution is 5.84. The Morgan fingerprint density at radius 1 is 0.842 bits per heavy atom. The van der Waals surface area contributed by atoms with Gasteiger partial charge in [-0.25, -0.2) is 4.57 Å². The van der Waals surface area contributed by atoms with Gasteiger partial charge in [-0.05, 0) is 36.9 Å². The van der Waals surface area contributed by atoms with Crippen LogP contribution in [0.3, 0.4) is 0 Å². The Morgan fingerprint density at radius 3 is 2.37 bits per heavy atom. The molecule has 3 rings (SSSR count). The topological polar surface area (TPSA) is 3.88 Å². The van der Waals surface area contributed by atoms with Crippen LogP contribution in [-0.2, 0) is 7.05 Å². The average Bonchev–Trinajstić information content (AvgIpc) is 2.41. The summed E-state index contributed by atoms with van der Waals surface area (Å²) in [5.41, 5.74) is 5.19. The van der Waals surface area contributed by atoms with E-state index in [-0.39, 0.29) is 0 Å². The number of rotatable bonds is 1. The minimum atomic E-state index is 1.26. The molecule has 94 valence electrons. The van der Waals surface area contributed by atoms with E-state index < -0.39 is 0 Å². The Kier molecular flexibility index (Phi) is 2.83. The molecule has 0 radical (unpaired) electrons. The van der Waals surface area contributed by atoms with E-state index in [9.17, 15) is 0 Å². The molecule has 2 aromatic carbocycles. The van der Waals surface area contributed by atoms with Gasteiger partial charge in [-0.2, -0.15) is 0 Å². The van der Waals surface area contributed by atoms with Crippen LogP contribution in [0.5, 0.6) is 0 Å². The van der Waals surface area contributed by atoms with Crippen LogP contribution in [-0.4, -0.2) is 0 Å². The summed E-state index contributed by atoms with van der Waals surface area (Å²) in [6.07, 6.45) is 2.20. The predicted molar refractivity (Wildman–Crippen MR) is 80.0 cm³/mol. The van der Waals surface area contributed by atoms with Gasteiger partial charge in [0.1, 0.15) is 7.05 Å². The van der Waals surface area contributed by atoms with Crippen molar-refractivity contribution >= 4 is 10.8 Å². The fraction of sp³-hybridized carbons (Fsp3) is 0.167. The van der Waals surface area contributed by atoms with Crippen molar-refractivity contribution in [3.8, 4) is 11.3 Å². The largest absolute Gasteiger partial charge is 0.213 e. The number of aryl methyl sites for hydroxylation is 3. The molecule has 0 aliphatic rings. The van der Waals surface area contributed by atoms with Gasteiger partial charge in [0.05, 0.1) is 0 Å². The first-order valence-corrected chi connectivity index (χ1v) is 6.61. The van der Waals surface area contributed by atoms with E-state index in [2.05, 4.69) is 80.2 Å². The highest BCUT2D eigenvalue weighted by atomic mass is 14.9. The van der Waals surface area contributed by atoms with E-state index in [4.69, 9.17) is 0 Å². The van der Waals surface area contributed by atoms with Crippen LogP contribution in [0.2, 0.25) is 0 Å². The van der Waals surface area contributed by atoms with Crippen molar-refractivity contribution in [3.63, 3.8) is 0 Å². The van der Waals surface area contributed by atoms with Gasteiger partial charge in [-0.15, -0.1) is 0 Å². The second kappa shape index (κ2) is 4.51. The van der Waals surface area contributed by atoms with Crippen molar-refractivity contribution in [3.05, 3.63) is 65.9 Å². The zero-order valence-corrected chi connectivity index (χ0v) is 11.6. The van der Waals surface area contributed by atoms with Crippen LogP contribution in [0.1, 0.15) is 11.1 Å². The molecule has 3 aromatic rings. The highest BCUT2D eigenvalue weighted by Gasteiger charge is 2.13. The first-order valence-electron chi connectivity index (χ1n) is 6.61. The summed E-state index contributed by atoms with van der Waals surface area (Å²) < 4.78 is 2.21. The predicted octanol–water partition coefficient (Wildman–Crippen LogP) is 3.95. The van der Waals surface area contributed by atoms with Crippen LogP contribution in [0.15, 0.2) is 54.7 Å². The van der Waals surface area contributed by atoms with E-state index in [1.807, 2.05) is 0 Å². The Labute approximate surface area is 114 Å². The van der Waals surface area contributed by atoms with E-state index >= 15 is 0 Å². The zero-order chi connectivity index (χ0) is 13.4. The van der Waals surface area contributed by atoms with Crippen LogP contribution in [0.25, 0.3) is 22.0 Å². The molecule has 0 unspecified atom stereocenters. The number of benzene rings is 2. The van der Waals surface area contributed by atoms with Gasteiger partial charge in [-0.1, -0.05) is 35.9 Å². The number of hydrogen-bond donors (Lipinski definition) is 0. The minimum absolute atomic E-state index is 1.26. The molecule has 0 atom stereocenters. The van der Waals surface area contributed by atoms with E-state index in [0.717, 1.165) is 0 Å². The van der Waals surface area contributed by atoms with E-state index in [0.29, 0.717) is 0 Å². The third-order valence-corrected chi connectivity index (χ3v) is 3.67. The maximum atomic E-state index is 2.27. The lowest BCUT2D eigenvalue weighted by Crippen LogP contribution is -2.30. The first-order chi connectivity index (χ1) is 9.15. The van der Waals surface area contributed by atoms with Crippen molar-refractivity contribution < 1.29 is 4.57 Å². The normalized spacial score (nSPS) is 10.9. The van der Waals surface area contributed by atoms with Gasteiger partial charge in [0.15, 0.2) is 6.20 Å². The Bertz CT molecular complexity index is 757. The van der Waals surface area contributed by atoms with Crippen molar-refractivity contribution in [2.24, 2.45) is 7.05 Å². The fourth-order valence-electron chi connectivity index (χ4n) is 2.57. The molecule has 0 spiro atoms. The number of fused-ring (bicyclic) bond motifs is 1. The molecule has 1 heteroatoms. The molecule has 1 heterocycles. The van der Waals surface area contributed by atoms with Crippen LogP contribution in [0.4, 0.5) is 0 Å². The van der Waals surface area contributed by atoms with Gasteiger partial charge in [-0.3, -0.25) is 0 Å². The maximum Gasteiger partial charge on any atom is 0.213 e. The molecule has 1 nitrogen and oxygen atoms in total. The molecule has 0 amide bonds. The van der Waals surface area contributed by atoms with Crippen molar-refractivity contribution in [2.45, 2.75) is 13.8 Å². The summed E-state index contributed by atoms with van der Waals surface area (Å²) in [5.74, 6) is 0. The van der Waals surface area contributed by atoms with Crippen LogP contribution < -0.4 is 4.57 Å². The van der Waals surface area contributed by atoms with E-state index in [1.165, 1.54) is 33.2 Å². The van der Waals surface area contributed by atoms with Crippen molar-refractivity contribution in [2.75, 3.05) is 0 Å². The summed E-state index contributed by atoms with van der Waals surface area (Å²) in [6.45, 7) is 4.31. The van der Waals surface area contributed by atoms with Gasteiger partial charge in [0, 0.05) is 17.0 Å². The number of aromatic nitrogens is 1. The smallest absolute Gasteiger partial charge is 0.200 e. The van der Waals surface area contributed by atoms with E-state index in [1.54, 1.807) is 0 Å². The molecule has 19 heavy (non-hydrogen) atoms. The SMILES string of the molecule is Cc1ccc(C)c(-c2cc3ccccc3c[n+]2C)c1. The first kappa shape index (κ1) is 11.9. The van der Waals surface area contributed by atoms with Crippen LogP contribution >= 0.6 is 0 Å². The van der Waals surface area contributed by atoms with Crippen LogP contribution in [0, 0.1) is 13.8 Å². The molecule has 0 aliphatic carbocycles. The second-order valence-corrected chi connectivity index (χ2v) is 5.22. The lowest BCUT2D eigenvalue weighted by atomic mass is 10.0. The highest BCUT2D eigenvalue weighted by Crippen LogP contribution is 2.24. The quantitative estimate of drug-likeness (QED) is 0.574. The molecule has 0 N–H and O–H groups in total. The number of pyridine rings is 1. The maximum absolute atomic E-state index is 2.27. The monoisotopic (exact) mass is 248 g/mol. The summed E-state index contributed by atoms with van der Waals surface area (Å²) in [6, 6.07) is 17.4. The molecule has 0 saturated carbocycles. The molecular formula is C18H18N+. The fourth-order valence-corrected chi connectivity index (χ4v) is 2.57. The molecule has 1 aromatic heterocycles. The minimum Gasteiger partial charge on any atom is -0.200 e. The summed E-state index contributed by atoms with van der Waals surface area (Å²) >= 11 is 0. The Balaban J connectivity index is 2.30. The summed E-state index contributed by atoms with van der Waals surface area (Å²) in [5, 5.41) is 2.57. The lowest BCUT2D eigenvalue weighted by Gasteiger charge is -2.07. The number of hydrogen-bond acceptors (Lipinski definition) is 0. The van der Waals surface area contributed by atoms with Gasteiger partial charge in [0.2, 0.25) is 5.69 Å². The molecule has 0 bridgehead atoms. The van der Waals surface area contributed by atoms with Crippen molar-refractivity contribution in [1.82, 2.24) is 0 Å². The third-order valence-electron chi connectivity index (χ3n) is 3.67. The van der Waals surface area contributed by atoms with Gasteiger partial charge < -0.3 is 0 Å². The van der Waals surface area contributed by atoms with Crippen molar-refractivity contribution in [1.29, 1.82) is 0 Å².